The number of ether oxygens (including phenoxy) is 6. The first-order valence-electron chi connectivity index (χ1n) is 20.3. The fourth-order valence-corrected chi connectivity index (χ4v) is 12.3. The molecule has 9 N–H and O–H groups in total. The highest BCUT2D eigenvalue weighted by molar-refractivity contribution is 5.23. The molecule has 0 aromatic carbocycles. The van der Waals surface area contributed by atoms with Gasteiger partial charge in [0.1, 0.15) is 36.6 Å². The summed E-state index contributed by atoms with van der Waals surface area (Å²) in [5.41, 5.74) is -2.79. The Morgan fingerprint density at radius 3 is 2.00 bits per heavy atom. The van der Waals surface area contributed by atoms with Gasteiger partial charge in [-0.15, -0.1) is 0 Å². The summed E-state index contributed by atoms with van der Waals surface area (Å²) in [6.07, 6.45) is -7.61. The molecule has 0 aromatic heterocycles. The van der Waals surface area contributed by atoms with Gasteiger partial charge in [0.2, 0.25) is 0 Å². The SMILES string of the molecule is CO[C@@H]1[C@@H](O)[C@H](O[C@@H]2CO[C@@H](OC[C@@H](/C=C/[C@@H](C)[C@H]3[C@@H](O)[C@@H](O)[C@@H]4[C@]3(C)CC[C@@H]3[C@@]5(C)CC[C@H](O)[C@H](O)[C@H]5[C@@H](O)C[C@]34O)C(C)C)[C@H](O)[C@H]2OC)OC[C@H]1O. The number of rotatable bonds is 11. The summed E-state index contributed by atoms with van der Waals surface area (Å²) in [5, 5.41) is 101. The highest BCUT2D eigenvalue weighted by Crippen LogP contribution is 2.69. The van der Waals surface area contributed by atoms with Crippen molar-refractivity contribution in [2.45, 2.75) is 152 Å². The Hall–Kier alpha value is -0.860. The standard InChI is InChI=1S/C40H68O15/c1-18(2)20(15-52-36-32(48)34(51-7)24(17-54-36)55-37-31(47)33(50-6)23(43)16-53-37)9-8-19(3)26-29(45)30(46)35-39(26,5)13-11-25-38(4)12-10-21(41)28(44)27(38)22(42)14-40(25,35)49/h8-9,18-37,41-49H,10-17H2,1-7H3/b9-8+/t19-,20-,21+,22+,23-,24-,25-,26+,27-,28+,29-,30-,31-,32-,33+,34+,35-,36-,37+,38-,39-,40+/m1/s1. The number of methoxy groups -OCH3 is 2. The first-order valence-corrected chi connectivity index (χ1v) is 20.3. The summed E-state index contributed by atoms with van der Waals surface area (Å²) in [5.74, 6) is -2.25. The lowest BCUT2D eigenvalue weighted by Gasteiger charge is -2.66. The Labute approximate surface area is 324 Å². The molecule has 0 bridgehead atoms. The number of aliphatic hydroxyl groups excluding tert-OH is 8. The fourth-order valence-electron chi connectivity index (χ4n) is 12.3. The highest BCUT2D eigenvalue weighted by atomic mass is 16.7. The molecule has 2 heterocycles. The Morgan fingerprint density at radius 2 is 1.35 bits per heavy atom. The van der Waals surface area contributed by atoms with Gasteiger partial charge in [0.15, 0.2) is 12.6 Å². The lowest BCUT2D eigenvalue weighted by molar-refractivity contribution is -0.332. The van der Waals surface area contributed by atoms with Crippen LogP contribution in [0.3, 0.4) is 0 Å². The van der Waals surface area contributed by atoms with Gasteiger partial charge in [-0.1, -0.05) is 46.8 Å². The van der Waals surface area contributed by atoms with Crippen LogP contribution in [0, 0.1) is 52.3 Å². The number of fused-ring (bicyclic) bond motifs is 5. The van der Waals surface area contributed by atoms with E-state index < -0.39 is 114 Å². The van der Waals surface area contributed by atoms with Gasteiger partial charge in [0.05, 0.1) is 55.9 Å². The van der Waals surface area contributed by atoms with Crippen molar-refractivity contribution in [2.24, 2.45) is 52.3 Å². The van der Waals surface area contributed by atoms with Crippen LogP contribution >= 0.6 is 0 Å². The van der Waals surface area contributed by atoms with Gasteiger partial charge in [-0.25, -0.2) is 0 Å². The molecule has 4 saturated carbocycles. The molecule has 15 nitrogen and oxygen atoms in total. The van der Waals surface area contributed by atoms with Gasteiger partial charge in [0.25, 0.3) is 0 Å². The largest absolute Gasteiger partial charge is 0.393 e. The third-order valence-corrected chi connectivity index (χ3v) is 15.1. The van der Waals surface area contributed by atoms with E-state index in [0.29, 0.717) is 25.7 Å². The molecule has 0 radical (unpaired) electrons. The maximum Gasteiger partial charge on any atom is 0.186 e. The van der Waals surface area contributed by atoms with Gasteiger partial charge in [-0.2, -0.15) is 0 Å². The molecule has 0 spiro atoms. The van der Waals surface area contributed by atoms with Crippen LogP contribution in [-0.2, 0) is 28.4 Å². The summed E-state index contributed by atoms with van der Waals surface area (Å²) < 4.78 is 34.2. The van der Waals surface area contributed by atoms with E-state index in [-0.39, 0.29) is 49.9 Å². The van der Waals surface area contributed by atoms with Crippen LogP contribution in [0.2, 0.25) is 0 Å². The highest BCUT2D eigenvalue weighted by Gasteiger charge is 2.73. The normalized spacial score (nSPS) is 52.8. The van der Waals surface area contributed by atoms with E-state index in [1.165, 1.54) is 14.2 Å². The smallest absolute Gasteiger partial charge is 0.186 e. The fraction of sp³-hybridized carbons (Fsp3) is 0.950. The van der Waals surface area contributed by atoms with Gasteiger partial charge in [-0.05, 0) is 60.2 Å². The van der Waals surface area contributed by atoms with Gasteiger partial charge in [0, 0.05) is 38.4 Å². The molecule has 0 unspecified atom stereocenters. The van der Waals surface area contributed by atoms with Crippen LogP contribution < -0.4 is 0 Å². The summed E-state index contributed by atoms with van der Waals surface area (Å²) >= 11 is 0. The van der Waals surface area contributed by atoms with Crippen LogP contribution in [0.5, 0.6) is 0 Å². The van der Waals surface area contributed by atoms with Gasteiger partial charge >= 0.3 is 0 Å². The zero-order chi connectivity index (χ0) is 40.4. The van der Waals surface area contributed by atoms with Crippen molar-refractivity contribution in [1.29, 1.82) is 0 Å². The van der Waals surface area contributed by atoms with Crippen molar-refractivity contribution in [1.82, 2.24) is 0 Å². The van der Waals surface area contributed by atoms with Crippen molar-refractivity contribution < 1.29 is 74.4 Å². The Balaban J connectivity index is 1.11. The summed E-state index contributed by atoms with van der Waals surface area (Å²) in [4.78, 5) is 0. The van der Waals surface area contributed by atoms with E-state index in [4.69, 9.17) is 28.4 Å². The maximum atomic E-state index is 12.6. The molecule has 55 heavy (non-hydrogen) atoms. The second-order valence-corrected chi connectivity index (χ2v) is 18.5. The lowest BCUT2D eigenvalue weighted by atomic mass is 9.41. The molecular weight excluding hydrogens is 720 g/mol. The molecule has 4 aliphatic carbocycles. The Morgan fingerprint density at radius 1 is 0.709 bits per heavy atom. The quantitative estimate of drug-likeness (QED) is 0.122. The topological polar surface area (TPSA) is 237 Å². The van der Waals surface area contributed by atoms with Crippen molar-refractivity contribution in [3.63, 3.8) is 0 Å². The molecule has 0 amide bonds. The average molecular weight is 789 g/mol. The Bertz CT molecular complexity index is 1320. The summed E-state index contributed by atoms with van der Waals surface area (Å²) in [6, 6.07) is 0. The third kappa shape index (κ3) is 7.50. The average Bonchev–Trinajstić information content (AvgIpc) is 3.33. The van der Waals surface area contributed by atoms with E-state index >= 15 is 0 Å². The summed E-state index contributed by atoms with van der Waals surface area (Å²) in [6.45, 7) is 10.2. The van der Waals surface area contributed by atoms with E-state index in [1.807, 2.05) is 32.9 Å². The van der Waals surface area contributed by atoms with Crippen molar-refractivity contribution in [3.05, 3.63) is 12.2 Å². The van der Waals surface area contributed by atoms with Gasteiger partial charge in [-0.3, -0.25) is 0 Å². The molecule has 6 rings (SSSR count). The van der Waals surface area contributed by atoms with E-state index in [0.717, 1.165) is 0 Å². The minimum Gasteiger partial charge on any atom is -0.393 e. The van der Waals surface area contributed by atoms with Crippen LogP contribution in [0.4, 0.5) is 0 Å². The monoisotopic (exact) mass is 788 g/mol. The molecule has 2 aliphatic heterocycles. The number of hydrogen-bond donors (Lipinski definition) is 9. The molecule has 15 heteroatoms. The van der Waals surface area contributed by atoms with Crippen LogP contribution in [0.1, 0.15) is 66.7 Å². The molecular formula is C40H68O15. The van der Waals surface area contributed by atoms with Crippen molar-refractivity contribution in [2.75, 3.05) is 34.0 Å². The predicted octanol–water partition coefficient (Wildman–Crippen LogP) is -0.304. The molecule has 0 aromatic rings. The molecule has 6 aliphatic rings. The van der Waals surface area contributed by atoms with E-state index in [2.05, 4.69) is 13.8 Å². The van der Waals surface area contributed by atoms with Crippen molar-refractivity contribution >= 4 is 0 Å². The van der Waals surface area contributed by atoms with E-state index in [9.17, 15) is 46.0 Å². The Kier molecular flexibility index (Phi) is 13.2. The number of allylic oxidation sites excluding steroid dienone is 1. The minimum atomic E-state index is -1.48. The lowest BCUT2D eigenvalue weighted by Crippen LogP contribution is -2.71. The zero-order valence-electron chi connectivity index (χ0n) is 33.3. The molecule has 22 atom stereocenters. The van der Waals surface area contributed by atoms with Crippen LogP contribution in [-0.4, -0.2) is 165 Å². The van der Waals surface area contributed by atoms with Crippen LogP contribution in [0.25, 0.3) is 0 Å². The maximum absolute atomic E-state index is 12.6. The van der Waals surface area contributed by atoms with E-state index in [1.54, 1.807) is 0 Å². The first kappa shape index (κ1) is 43.7. The number of hydrogen-bond acceptors (Lipinski definition) is 15. The van der Waals surface area contributed by atoms with Crippen LogP contribution in [0.15, 0.2) is 12.2 Å². The second-order valence-electron chi connectivity index (χ2n) is 18.5. The first-order chi connectivity index (χ1) is 25.8. The predicted molar refractivity (Wildman–Crippen MR) is 195 cm³/mol. The molecule has 6 fully saturated rings. The van der Waals surface area contributed by atoms with Gasteiger partial charge < -0.3 is 74.4 Å². The summed E-state index contributed by atoms with van der Waals surface area (Å²) in [7, 11) is 2.80. The zero-order valence-corrected chi connectivity index (χ0v) is 33.3. The molecule has 2 saturated heterocycles. The van der Waals surface area contributed by atoms with Crippen molar-refractivity contribution in [3.8, 4) is 0 Å². The molecule has 318 valence electrons. The second kappa shape index (κ2) is 16.7. The minimum absolute atomic E-state index is 0.0273. The third-order valence-electron chi connectivity index (χ3n) is 15.1. The number of aliphatic hydroxyl groups is 9.